The molecule has 1 saturated heterocycles. The summed E-state index contributed by atoms with van der Waals surface area (Å²) in [6, 6.07) is 13.0. The number of sulfonamides is 1. The largest absolute Gasteiger partial charge is 0.420 e. The number of hydrogen-bond acceptors (Lipinski definition) is 5. The van der Waals surface area contributed by atoms with Crippen molar-refractivity contribution < 1.29 is 17.6 Å². The molecule has 2 heterocycles. The number of nitrogens with one attached hydrogen (secondary N) is 1. The molecule has 1 fully saturated rings. The molecule has 2 unspecified atom stereocenters. The first-order valence-electron chi connectivity index (χ1n) is 10.2. The molecule has 0 spiro atoms. The van der Waals surface area contributed by atoms with Crippen LogP contribution in [0.4, 0.5) is 5.69 Å². The molecule has 3 aromatic rings. The van der Waals surface area contributed by atoms with Gasteiger partial charge in [0.1, 0.15) is 6.54 Å². The Kier molecular flexibility index (Phi) is 5.72. The van der Waals surface area contributed by atoms with Gasteiger partial charge >= 0.3 is 5.76 Å². The van der Waals surface area contributed by atoms with Crippen molar-refractivity contribution in [2.24, 2.45) is 11.8 Å². The van der Waals surface area contributed by atoms with Crippen LogP contribution in [0.1, 0.15) is 20.3 Å². The third-order valence-electron chi connectivity index (χ3n) is 5.49. The minimum atomic E-state index is -3.58. The minimum Gasteiger partial charge on any atom is -0.408 e. The normalized spacial score (nSPS) is 20.1. The number of anilines is 1. The third kappa shape index (κ3) is 4.42. The summed E-state index contributed by atoms with van der Waals surface area (Å²) in [4.78, 5) is 24.7. The predicted molar refractivity (Wildman–Crippen MR) is 117 cm³/mol. The van der Waals surface area contributed by atoms with Crippen LogP contribution in [0.5, 0.6) is 0 Å². The Bertz CT molecular complexity index is 1250. The fourth-order valence-corrected chi connectivity index (χ4v) is 5.85. The second-order valence-corrected chi connectivity index (χ2v) is 10.2. The summed E-state index contributed by atoms with van der Waals surface area (Å²) in [6.07, 6.45) is 1.02. The number of benzene rings is 2. The number of carbonyl (C=O) groups excluding carboxylic acids is 1. The van der Waals surface area contributed by atoms with Crippen LogP contribution in [0.15, 0.2) is 62.6 Å². The van der Waals surface area contributed by atoms with Gasteiger partial charge in [-0.05, 0) is 54.7 Å². The van der Waals surface area contributed by atoms with E-state index >= 15 is 0 Å². The summed E-state index contributed by atoms with van der Waals surface area (Å²) in [6.45, 7) is 4.94. The van der Waals surface area contributed by atoms with Gasteiger partial charge in [0.25, 0.3) is 0 Å². The van der Waals surface area contributed by atoms with Crippen LogP contribution in [0, 0.1) is 11.8 Å². The molecular weight excluding hydrogens is 418 g/mol. The van der Waals surface area contributed by atoms with Crippen molar-refractivity contribution in [3.8, 4) is 0 Å². The Labute approximate surface area is 180 Å². The average molecular weight is 444 g/mol. The van der Waals surface area contributed by atoms with E-state index in [0.29, 0.717) is 41.7 Å². The smallest absolute Gasteiger partial charge is 0.408 e. The van der Waals surface area contributed by atoms with Gasteiger partial charge in [-0.3, -0.25) is 9.36 Å². The van der Waals surface area contributed by atoms with Gasteiger partial charge in [-0.15, -0.1) is 0 Å². The fraction of sp³-hybridized carbons (Fsp3) is 0.364. The van der Waals surface area contributed by atoms with Crippen LogP contribution in [0.25, 0.3) is 11.1 Å². The number of amides is 1. The number of carbonyl (C=O) groups is 1. The van der Waals surface area contributed by atoms with Crippen molar-refractivity contribution in [1.82, 2.24) is 8.87 Å². The Morgan fingerprint density at radius 3 is 2.39 bits per heavy atom. The zero-order valence-corrected chi connectivity index (χ0v) is 18.3. The molecule has 0 bridgehead atoms. The Morgan fingerprint density at radius 2 is 1.71 bits per heavy atom. The van der Waals surface area contributed by atoms with Crippen LogP contribution >= 0.6 is 0 Å². The molecule has 1 N–H and O–H groups in total. The standard InChI is InChI=1S/C22H25N3O5S/c1-15-11-16(2)13-24(12-15)31(28,29)18-9-7-17(8-10-18)23-21(26)14-25-19-5-3-4-6-20(19)30-22(25)27/h3-10,15-16H,11-14H2,1-2H3,(H,23,26). The van der Waals surface area contributed by atoms with Crippen molar-refractivity contribution in [3.63, 3.8) is 0 Å². The van der Waals surface area contributed by atoms with E-state index in [-0.39, 0.29) is 11.4 Å². The summed E-state index contributed by atoms with van der Waals surface area (Å²) >= 11 is 0. The number of rotatable bonds is 5. The third-order valence-corrected chi connectivity index (χ3v) is 7.33. The first kappa shape index (κ1) is 21.3. The van der Waals surface area contributed by atoms with Crippen molar-refractivity contribution in [3.05, 3.63) is 59.1 Å². The van der Waals surface area contributed by atoms with Gasteiger partial charge in [0.2, 0.25) is 15.9 Å². The molecular formula is C22H25N3O5S. The average Bonchev–Trinajstić information content (AvgIpc) is 3.03. The molecule has 164 valence electrons. The molecule has 2 aromatic carbocycles. The minimum absolute atomic E-state index is 0.198. The molecule has 0 aliphatic carbocycles. The zero-order valence-electron chi connectivity index (χ0n) is 17.4. The summed E-state index contributed by atoms with van der Waals surface area (Å²) in [7, 11) is -3.58. The van der Waals surface area contributed by atoms with E-state index < -0.39 is 21.7 Å². The second kappa shape index (κ2) is 8.32. The van der Waals surface area contributed by atoms with Crippen LogP contribution in [0.2, 0.25) is 0 Å². The number of oxazole rings is 1. The molecule has 9 heteroatoms. The number of aromatic nitrogens is 1. The Balaban J connectivity index is 1.46. The molecule has 1 amide bonds. The van der Waals surface area contributed by atoms with Crippen LogP contribution in [-0.2, 0) is 21.4 Å². The molecule has 8 nitrogen and oxygen atoms in total. The van der Waals surface area contributed by atoms with Crippen molar-refractivity contribution in [2.45, 2.75) is 31.7 Å². The lowest BCUT2D eigenvalue weighted by atomic mass is 9.94. The maximum absolute atomic E-state index is 13.0. The molecule has 0 saturated carbocycles. The van der Waals surface area contributed by atoms with Crippen molar-refractivity contribution in [2.75, 3.05) is 18.4 Å². The molecule has 1 aromatic heterocycles. The van der Waals surface area contributed by atoms with E-state index in [1.807, 2.05) is 0 Å². The van der Waals surface area contributed by atoms with E-state index in [9.17, 15) is 18.0 Å². The molecule has 31 heavy (non-hydrogen) atoms. The topological polar surface area (TPSA) is 102 Å². The van der Waals surface area contributed by atoms with Crippen LogP contribution in [0.3, 0.4) is 0 Å². The van der Waals surface area contributed by atoms with E-state index in [1.165, 1.54) is 21.0 Å². The van der Waals surface area contributed by atoms with E-state index in [4.69, 9.17) is 4.42 Å². The Morgan fingerprint density at radius 1 is 1.06 bits per heavy atom. The monoisotopic (exact) mass is 443 g/mol. The van der Waals surface area contributed by atoms with Crippen molar-refractivity contribution >= 4 is 32.7 Å². The highest BCUT2D eigenvalue weighted by Crippen LogP contribution is 2.27. The molecule has 4 rings (SSSR count). The number of para-hydroxylation sites is 2. The zero-order chi connectivity index (χ0) is 22.2. The number of nitrogens with zero attached hydrogens (tertiary/aromatic N) is 2. The van der Waals surface area contributed by atoms with Gasteiger partial charge < -0.3 is 9.73 Å². The maximum atomic E-state index is 13.0. The van der Waals surface area contributed by atoms with Gasteiger partial charge in [-0.1, -0.05) is 26.0 Å². The SMILES string of the molecule is CC1CC(C)CN(S(=O)(=O)c2ccc(NC(=O)Cn3c(=O)oc4ccccc43)cc2)C1. The quantitative estimate of drug-likeness (QED) is 0.653. The van der Waals surface area contributed by atoms with Crippen LogP contribution < -0.4 is 11.1 Å². The summed E-state index contributed by atoms with van der Waals surface area (Å²) in [5.41, 5.74) is 1.40. The second-order valence-electron chi connectivity index (χ2n) is 8.26. The van der Waals surface area contributed by atoms with Gasteiger partial charge in [0.15, 0.2) is 5.58 Å². The predicted octanol–water partition coefficient (Wildman–Crippen LogP) is 2.90. The lowest BCUT2D eigenvalue weighted by molar-refractivity contribution is -0.116. The fourth-order valence-electron chi connectivity index (χ4n) is 4.17. The van der Waals surface area contributed by atoms with Gasteiger partial charge in [-0.2, -0.15) is 4.31 Å². The van der Waals surface area contributed by atoms with Crippen LogP contribution in [-0.4, -0.2) is 36.3 Å². The summed E-state index contributed by atoms with van der Waals surface area (Å²) in [5.74, 6) is -0.385. The van der Waals surface area contributed by atoms with Crippen molar-refractivity contribution in [1.29, 1.82) is 0 Å². The number of fused-ring (bicyclic) bond motifs is 1. The first-order valence-corrected chi connectivity index (χ1v) is 11.7. The van der Waals surface area contributed by atoms with E-state index in [0.717, 1.165) is 6.42 Å². The molecule has 2 atom stereocenters. The van der Waals surface area contributed by atoms with Gasteiger partial charge in [0.05, 0.1) is 10.4 Å². The highest BCUT2D eigenvalue weighted by atomic mass is 32.2. The molecule has 1 aliphatic rings. The molecule has 1 aliphatic heterocycles. The lowest BCUT2D eigenvalue weighted by Gasteiger charge is -2.34. The van der Waals surface area contributed by atoms with E-state index in [2.05, 4.69) is 19.2 Å². The lowest BCUT2D eigenvalue weighted by Crippen LogP contribution is -2.42. The summed E-state index contributed by atoms with van der Waals surface area (Å²) in [5, 5.41) is 2.70. The highest BCUT2D eigenvalue weighted by molar-refractivity contribution is 7.89. The first-order chi connectivity index (χ1) is 14.7. The van der Waals surface area contributed by atoms with Gasteiger partial charge in [0, 0.05) is 18.8 Å². The number of hydrogen-bond donors (Lipinski definition) is 1. The summed E-state index contributed by atoms with van der Waals surface area (Å²) < 4.78 is 33.9. The van der Waals surface area contributed by atoms with E-state index in [1.54, 1.807) is 36.4 Å². The Hall–Kier alpha value is -2.91. The van der Waals surface area contributed by atoms with Gasteiger partial charge in [-0.25, -0.2) is 13.2 Å². The number of piperidine rings is 1. The maximum Gasteiger partial charge on any atom is 0.420 e. The molecule has 0 radical (unpaired) electrons. The highest BCUT2D eigenvalue weighted by Gasteiger charge is 2.31.